The molecule has 0 aromatic heterocycles. The number of benzene rings is 1. The normalized spacial score (nSPS) is 16.3. The lowest BCUT2D eigenvalue weighted by Crippen LogP contribution is -2.34. The van der Waals surface area contributed by atoms with E-state index in [0.717, 1.165) is 35.7 Å². The maximum absolute atomic E-state index is 8.99. The van der Waals surface area contributed by atoms with Crippen molar-refractivity contribution in [3.8, 4) is 6.07 Å². The van der Waals surface area contributed by atoms with Gasteiger partial charge in [0.1, 0.15) is 0 Å². The van der Waals surface area contributed by atoms with E-state index >= 15 is 0 Å². The molecule has 1 aliphatic heterocycles. The second kappa shape index (κ2) is 6.21. The summed E-state index contributed by atoms with van der Waals surface area (Å²) in [5.41, 5.74) is 1.82. The zero-order chi connectivity index (χ0) is 13.0. The summed E-state index contributed by atoms with van der Waals surface area (Å²) in [4.78, 5) is 2.25. The number of anilines is 1. The van der Waals surface area contributed by atoms with Crippen LogP contribution in [0.5, 0.6) is 0 Å². The van der Waals surface area contributed by atoms with Gasteiger partial charge in [0.15, 0.2) is 0 Å². The Hall–Kier alpha value is -1.05. The fraction of sp³-hybridized carbons (Fsp3) is 0.500. The van der Waals surface area contributed by atoms with Gasteiger partial charge in [-0.15, -0.1) is 0 Å². The molecule has 0 spiro atoms. The fourth-order valence-corrected chi connectivity index (χ4v) is 2.90. The van der Waals surface area contributed by atoms with E-state index in [1.165, 1.54) is 12.8 Å². The summed E-state index contributed by atoms with van der Waals surface area (Å²) in [6.07, 6.45) is 2.48. The topological polar surface area (TPSA) is 39.1 Å². The summed E-state index contributed by atoms with van der Waals surface area (Å²) in [5.74, 6) is 0.751. The largest absolute Gasteiger partial charge is 0.374 e. The van der Waals surface area contributed by atoms with Crippen LogP contribution in [0.1, 0.15) is 18.4 Å². The molecule has 1 saturated heterocycles. The average molecular weight is 308 g/mol. The van der Waals surface area contributed by atoms with E-state index in [1.54, 1.807) is 0 Å². The highest BCUT2D eigenvalue weighted by Crippen LogP contribution is 2.24. The Bertz CT molecular complexity index is 447. The summed E-state index contributed by atoms with van der Waals surface area (Å²) >= 11 is 3.46. The predicted octanol–water partition coefficient (Wildman–Crippen LogP) is 2.76. The van der Waals surface area contributed by atoms with E-state index in [-0.39, 0.29) is 0 Å². The molecule has 0 aliphatic carbocycles. The van der Waals surface area contributed by atoms with E-state index in [9.17, 15) is 0 Å². The number of piperidine rings is 1. The van der Waals surface area contributed by atoms with Crippen LogP contribution in [0.2, 0.25) is 0 Å². The van der Waals surface area contributed by atoms with Crippen LogP contribution in [0.4, 0.5) is 5.69 Å². The van der Waals surface area contributed by atoms with Gasteiger partial charge in [0, 0.05) is 23.8 Å². The fourth-order valence-electron chi connectivity index (χ4n) is 2.42. The molecule has 0 radical (unpaired) electrons. The van der Waals surface area contributed by atoms with Crippen LogP contribution in [0.15, 0.2) is 22.7 Å². The van der Waals surface area contributed by atoms with E-state index in [4.69, 9.17) is 5.26 Å². The maximum Gasteiger partial charge on any atom is 0.0992 e. The van der Waals surface area contributed by atoms with Crippen LogP contribution < -0.4 is 10.2 Å². The molecule has 1 fully saturated rings. The second-order valence-corrected chi connectivity index (χ2v) is 5.80. The Morgan fingerprint density at radius 2 is 2.11 bits per heavy atom. The first-order valence-electron chi connectivity index (χ1n) is 6.31. The van der Waals surface area contributed by atoms with E-state index in [0.29, 0.717) is 5.56 Å². The van der Waals surface area contributed by atoms with Gasteiger partial charge in [0.25, 0.3) is 0 Å². The minimum atomic E-state index is 0.705. The zero-order valence-electron chi connectivity index (χ0n) is 10.6. The van der Waals surface area contributed by atoms with E-state index in [1.807, 2.05) is 12.1 Å². The number of halogens is 1. The number of hydrogen-bond acceptors (Lipinski definition) is 3. The van der Waals surface area contributed by atoms with Crippen molar-refractivity contribution in [2.75, 3.05) is 31.6 Å². The van der Waals surface area contributed by atoms with Crippen LogP contribution in [0, 0.1) is 17.2 Å². The van der Waals surface area contributed by atoms with Crippen LogP contribution in [0.3, 0.4) is 0 Å². The molecule has 0 saturated carbocycles. The van der Waals surface area contributed by atoms with Crippen molar-refractivity contribution in [2.24, 2.45) is 5.92 Å². The van der Waals surface area contributed by atoms with Gasteiger partial charge in [-0.1, -0.05) is 15.9 Å². The van der Waals surface area contributed by atoms with Crippen molar-refractivity contribution < 1.29 is 0 Å². The monoisotopic (exact) mass is 307 g/mol. The minimum absolute atomic E-state index is 0.705. The lowest BCUT2D eigenvalue weighted by Gasteiger charge is -2.29. The summed E-state index contributed by atoms with van der Waals surface area (Å²) in [6.45, 7) is 3.31. The molecule has 0 amide bonds. The Labute approximate surface area is 117 Å². The van der Waals surface area contributed by atoms with Gasteiger partial charge < -0.3 is 10.2 Å². The first-order chi connectivity index (χ1) is 8.69. The van der Waals surface area contributed by atoms with Gasteiger partial charge in [-0.05, 0) is 50.0 Å². The molecule has 1 aromatic rings. The third kappa shape index (κ3) is 3.47. The van der Waals surface area contributed by atoms with Crippen molar-refractivity contribution in [3.05, 3.63) is 28.2 Å². The Balaban J connectivity index is 2.05. The van der Waals surface area contributed by atoms with Gasteiger partial charge in [0.2, 0.25) is 0 Å². The van der Waals surface area contributed by atoms with Gasteiger partial charge in [0.05, 0.1) is 11.6 Å². The van der Waals surface area contributed by atoms with Gasteiger partial charge in [-0.2, -0.15) is 5.26 Å². The molecular weight excluding hydrogens is 290 g/mol. The molecule has 2 rings (SSSR count). The number of nitriles is 1. The molecule has 0 atom stereocenters. The number of rotatable bonds is 3. The molecule has 96 valence electrons. The third-order valence-electron chi connectivity index (χ3n) is 3.44. The molecule has 4 heteroatoms. The summed E-state index contributed by atoms with van der Waals surface area (Å²) in [6, 6.07) is 8.07. The average Bonchev–Trinajstić information content (AvgIpc) is 2.39. The second-order valence-electron chi connectivity index (χ2n) is 4.88. The van der Waals surface area contributed by atoms with E-state index < -0.39 is 0 Å². The van der Waals surface area contributed by atoms with Crippen molar-refractivity contribution in [2.45, 2.75) is 12.8 Å². The number of nitrogens with one attached hydrogen (secondary N) is 1. The van der Waals surface area contributed by atoms with Crippen molar-refractivity contribution in [1.29, 1.82) is 5.26 Å². The first-order valence-corrected chi connectivity index (χ1v) is 7.11. The molecule has 1 heterocycles. The Morgan fingerprint density at radius 1 is 1.39 bits per heavy atom. The van der Waals surface area contributed by atoms with Gasteiger partial charge in [-0.3, -0.25) is 0 Å². The quantitative estimate of drug-likeness (QED) is 0.933. The van der Waals surface area contributed by atoms with Crippen LogP contribution in [-0.4, -0.2) is 26.7 Å². The Morgan fingerprint density at radius 3 is 2.78 bits per heavy atom. The number of hydrogen-bond donors (Lipinski definition) is 1. The van der Waals surface area contributed by atoms with Gasteiger partial charge >= 0.3 is 0 Å². The molecule has 0 bridgehead atoms. The summed E-state index contributed by atoms with van der Waals surface area (Å²) < 4.78 is 0.966. The summed E-state index contributed by atoms with van der Waals surface area (Å²) in [7, 11) is 2.10. The predicted molar refractivity (Wildman–Crippen MR) is 77.7 cm³/mol. The van der Waals surface area contributed by atoms with Crippen LogP contribution >= 0.6 is 15.9 Å². The van der Waals surface area contributed by atoms with Crippen molar-refractivity contribution >= 4 is 21.6 Å². The smallest absolute Gasteiger partial charge is 0.0992 e. The Kier molecular flexibility index (Phi) is 4.62. The SMILES string of the molecule is CN(CC1CCNCC1)c1cc(Br)cc(C#N)c1. The number of nitrogens with zero attached hydrogens (tertiary/aromatic N) is 2. The minimum Gasteiger partial charge on any atom is -0.374 e. The first kappa shape index (κ1) is 13.4. The highest BCUT2D eigenvalue weighted by atomic mass is 79.9. The van der Waals surface area contributed by atoms with Gasteiger partial charge in [-0.25, -0.2) is 0 Å². The summed E-state index contributed by atoms with van der Waals surface area (Å²) in [5, 5.41) is 12.4. The maximum atomic E-state index is 8.99. The molecule has 0 unspecified atom stereocenters. The van der Waals surface area contributed by atoms with Crippen molar-refractivity contribution in [3.63, 3.8) is 0 Å². The highest BCUT2D eigenvalue weighted by Gasteiger charge is 2.15. The molecule has 1 aromatic carbocycles. The highest BCUT2D eigenvalue weighted by molar-refractivity contribution is 9.10. The molecular formula is C14H18BrN3. The molecule has 1 aliphatic rings. The zero-order valence-corrected chi connectivity index (χ0v) is 12.2. The van der Waals surface area contributed by atoms with Crippen molar-refractivity contribution in [1.82, 2.24) is 5.32 Å². The standard InChI is InChI=1S/C14H18BrN3/c1-18(10-11-2-4-17-5-3-11)14-7-12(9-16)6-13(15)8-14/h6-8,11,17H,2-5,10H2,1H3. The van der Waals surface area contributed by atoms with Crippen LogP contribution in [-0.2, 0) is 0 Å². The molecule has 18 heavy (non-hydrogen) atoms. The lowest BCUT2D eigenvalue weighted by molar-refractivity contribution is 0.378. The van der Waals surface area contributed by atoms with E-state index in [2.05, 4.69) is 45.3 Å². The third-order valence-corrected chi connectivity index (χ3v) is 3.90. The molecule has 3 nitrogen and oxygen atoms in total. The van der Waals surface area contributed by atoms with Crippen LogP contribution in [0.25, 0.3) is 0 Å². The molecule has 1 N–H and O–H groups in total. The lowest BCUT2D eigenvalue weighted by atomic mass is 9.97.